The Kier molecular flexibility index (Phi) is 38.8. The van der Waals surface area contributed by atoms with Crippen molar-refractivity contribution < 1.29 is 0 Å². The average Bonchev–Trinajstić information content (AvgIpc) is 2.42. The molecule has 1 rings (SSSR count). The lowest BCUT2D eigenvalue weighted by Crippen LogP contribution is -1.96. The second-order valence-corrected chi connectivity index (χ2v) is 4.32. The van der Waals surface area contributed by atoms with Gasteiger partial charge in [-0.1, -0.05) is 92.4 Å². The third-order valence-electron chi connectivity index (χ3n) is 2.31. The summed E-state index contributed by atoms with van der Waals surface area (Å²) < 4.78 is 0. The van der Waals surface area contributed by atoms with Gasteiger partial charge in [-0.3, -0.25) is 0 Å². The van der Waals surface area contributed by atoms with Gasteiger partial charge in [0.2, 0.25) is 0 Å². The minimum absolute atomic E-state index is 0.855. The van der Waals surface area contributed by atoms with Gasteiger partial charge in [-0.2, -0.15) is 0 Å². The highest BCUT2D eigenvalue weighted by molar-refractivity contribution is 4.51. The van der Waals surface area contributed by atoms with E-state index >= 15 is 0 Å². The Hall–Kier alpha value is -0.0400. The van der Waals surface area contributed by atoms with Crippen molar-refractivity contribution in [2.75, 3.05) is 6.54 Å². The van der Waals surface area contributed by atoms with Crippen molar-refractivity contribution in [2.45, 2.75) is 98.8 Å². The first kappa shape index (κ1) is 22.2. The number of hydrogen-bond donors (Lipinski definition) is 1. The molecule has 0 aliphatic heterocycles. The van der Waals surface area contributed by atoms with Gasteiger partial charge < -0.3 is 5.73 Å². The fourth-order valence-corrected chi connectivity index (χ4v) is 1.45. The third kappa shape index (κ3) is 38.7. The van der Waals surface area contributed by atoms with Crippen LogP contribution in [-0.4, -0.2) is 6.54 Å². The molecule has 17 heavy (non-hydrogen) atoms. The molecule has 0 spiro atoms. The van der Waals surface area contributed by atoms with Gasteiger partial charge in [0.25, 0.3) is 0 Å². The van der Waals surface area contributed by atoms with E-state index in [2.05, 4.69) is 20.8 Å². The molecule has 1 heteroatoms. The van der Waals surface area contributed by atoms with Crippen LogP contribution in [0, 0.1) is 0 Å². The van der Waals surface area contributed by atoms with E-state index in [1.54, 1.807) is 0 Å². The van der Waals surface area contributed by atoms with Crippen molar-refractivity contribution in [3.63, 3.8) is 0 Å². The first-order valence-corrected chi connectivity index (χ1v) is 8.03. The number of rotatable bonds is 3. The highest BCUT2D eigenvalue weighted by Crippen LogP contribution is 2.15. The summed E-state index contributed by atoms with van der Waals surface area (Å²) in [6, 6.07) is 0. The molecular formula is C16H39N. The molecule has 1 saturated carbocycles. The van der Waals surface area contributed by atoms with Crippen LogP contribution in [-0.2, 0) is 0 Å². The molecule has 1 fully saturated rings. The van der Waals surface area contributed by atoms with Crippen LogP contribution in [0.25, 0.3) is 0 Å². The summed E-state index contributed by atoms with van der Waals surface area (Å²) in [5.41, 5.74) is 5.21. The minimum Gasteiger partial charge on any atom is -0.330 e. The molecular weight excluding hydrogens is 206 g/mol. The Labute approximate surface area is 112 Å². The molecule has 0 amide bonds. The van der Waals surface area contributed by atoms with Crippen molar-refractivity contribution >= 4 is 0 Å². The van der Waals surface area contributed by atoms with Crippen LogP contribution in [0.1, 0.15) is 98.8 Å². The van der Waals surface area contributed by atoms with Crippen LogP contribution in [0.5, 0.6) is 0 Å². The predicted octanol–water partition coefficient (Wildman–Crippen LogP) is 5.92. The van der Waals surface area contributed by atoms with E-state index in [9.17, 15) is 0 Å². The summed E-state index contributed by atoms with van der Waals surface area (Å²) in [4.78, 5) is 0. The second kappa shape index (κ2) is 29.7. The van der Waals surface area contributed by atoms with Gasteiger partial charge in [0.15, 0.2) is 0 Å². The van der Waals surface area contributed by atoms with E-state index in [-0.39, 0.29) is 0 Å². The average molecular weight is 245 g/mol. The molecule has 0 aromatic heterocycles. The molecule has 0 atom stereocenters. The summed E-state index contributed by atoms with van der Waals surface area (Å²) in [7, 11) is 0. The lowest BCUT2D eigenvalue weighted by Gasteiger charge is -2.05. The van der Waals surface area contributed by atoms with Crippen LogP contribution in [0.4, 0.5) is 0 Å². The van der Waals surface area contributed by atoms with Gasteiger partial charge >= 0.3 is 0 Å². The molecule has 0 aromatic carbocycles. The fraction of sp³-hybridized carbons (Fsp3) is 1.00. The van der Waals surface area contributed by atoms with Crippen LogP contribution >= 0.6 is 0 Å². The van der Waals surface area contributed by atoms with Crippen molar-refractivity contribution in [1.29, 1.82) is 0 Å². The monoisotopic (exact) mass is 245 g/mol. The highest BCUT2D eigenvalue weighted by atomic mass is 14.5. The fourth-order valence-electron chi connectivity index (χ4n) is 1.45. The molecule has 1 aliphatic carbocycles. The molecule has 0 bridgehead atoms. The summed E-state index contributed by atoms with van der Waals surface area (Å²) in [6.45, 7) is 11.3. The Bertz CT molecular complexity index is 62.1. The van der Waals surface area contributed by atoms with E-state index in [1.807, 2.05) is 13.8 Å². The van der Waals surface area contributed by atoms with Crippen LogP contribution < -0.4 is 5.73 Å². The molecule has 1 aliphatic rings. The Morgan fingerprint density at radius 3 is 1.12 bits per heavy atom. The van der Waals surface area contributed by atoms with Gasteiger partial charge in [0, 0.05) is 0 Å². The second-order valence-electron chi connectivity index (χ2n) is 4.32. The van der Waals surface area contributed by atoms with Gasteiger partial charge in [0.05, 0.1) is 0 Å². The maximum Gasteiger partial charge on any atom is -0.00773 e. The minimum atomic E-state index is 0.855. The smallest absolute Gasteiger partial charge is 0.00773 e. The van der Waals surface area contributed by atoms with Gasteiger partial charge in [-0.05, 0) is 13.0 Å². The molecule has 0 unspecified atom stereocenters. The van der Waals surface area contributed by atoms with Gasteiger partial charge in [-0.15, -0.1) is 0 Å². The quantitative estimate of drug-likeness (QED) is 0.614. The summed E-state index contributed by atoms with van der Waals surface area (Å²) in [5, 5.41) is 0. The SMILES string of the molecule is C1CCCCC1.CC.CCC.CCCCCN. The summed E-state index contributed by atoms with van der Waals surface area (Å²) in [6.07, 6.45) is 14.0. The van der Waals surface area contributed by atoms with E-state index in [0.717, 1.165) is 6.54 Å². The van der Waals surface area contributed by atoms with Crippen LogP contribution in [0.3, 0.4) is 0 Å². The maximum absolute atomic E-state index is 5.21. The van der Waals surface area contributed by atoms with E-state index in [1.165, 1.54) is 64.2 Å². The van der Waals surface area contributed by atoms with Crippen molar-refractivity contribution in [2.24, 2.45) is 5.73 Å². The zero-order valence-electron chi connectivity index (χ0n) is 13.4. The van der Waals surface area contributed by atoms with E-state index in [4.69, 9.17) is 5.73 Å². The zero-order valence-corrected chi connectivity index (χ0v) is 13.4. The Morgan fingerprint density at radius 1 is 0.706 bits per heavy atom. The first-order chi connectivity index (χ1) is 8.33. The molecule has 0 heterocycles. The molecule has 1 nitrogen and oxygen atoms in total. The standard InChI is InChI=1S/C6H12.C5H13N.C3H8.C2H6/c1-2-4-6-5-3-1;1-2-3-4-5-6;1-3-2;1-2/h1-6H2;2-6H2,1H3;3H2,1-2H3;1-2H3. The number of hydrogen-bond acceptors (Lipinski definition) is 1. The molecule has 0 aromatic rings. The van der Waals surface area contributed by atoms with Crippen molar-refractivity contribution in [1.82, 2.24) is 0 Å². The van der Waals surface area contributed by atoms with Gasteiger partial charge in [-0.25, -0.2) is 0 Å². The predicted molar refractivity (Wildman–Crippen MR) is 83.6 cm³/mol. The topological polar surface area (TPSA) is 26.0 Å². The Balaban J connectivity index is -0.000000169. The molecule has 2 N–H and O–H groups in total. The van der Waals surface area contributed by atoms with Crippen LogP contribution in [0.15, 0.2) is 0 Å². The normalized spacial score (nSPS) is 13.1. The first-order valence-electron chi connectivity index (χ1n) is 8.03. The number of nitrogens with two attached hydrogens (primary N) is 1. The van der Waals surface area contributed by atoms with Crippen molar-refractivity contribution in [3.05, 3.63) is 0 Å². The summed E-state index contributed by atoms with van der Waals surface area (Å²) in [5.74, 6) is 0. The lowest BCUT2D eigenvalue weighted by molar-refractivity contribution is 0.504. The van der Waals surface area contributed by atoms with E-state index < -0.39 is 0 Å². The Morgan fingerprint density at radius 2 is 1.00 bits per heavy atom. The largest absolute Gasteiger partial charge is 0.330 e. The third-order valence-corrected chi connectivity index (χ3v) is 2.31. The number of unbranched alkanes of at least 4 members (excludes halogenated alkanes) is 2. The molecule has 108 valence electrons. The highest BCUT2D eigenvalue weighted by Gasteiger charge is 1.95. The summed E-state index contributed by atoms with van der Waals surface area (Å²) >= 11 is 0. The van der Waals surface area contributed by atoms with Crippen molar-refractivity contribution in [3.8, 4) is 0 Å². The van der Waals surface area contributed by atoms with E-state index in [0.29, 0.717) is 0 Å². The zero-order chi connectivity index (χ0) is 13.8. The van der Waals surface area contributed by atoms with Gasteiger partial charge in [0.1, 0.15) is 0 Å². The maximum atomic E-state index is 5.21. The molecule has 0 radical (unpaired) electrons. The van der Waals surface area contributed by atoms with Crippen LogP contribution in [0.2, 0.25) is 0 Å². The molecule has 0 saturated heterocycles. The lowest BCUT2D eigenvalue weighted by atomic mass is 10.0.